The van der Waals surface area contributed by atoms with Crippen LogP contribution in [-0.4, -0.2) is 23.1 Å². The molecule has 0 aliphatic carbocycles. The number of rotatable bonds is 0. The zero-order chi connectivity index (χ0) is 10.9. The number of ether oxygens (including phenoxy) is 1. The van der Waals surface area contributed by atoms with E-state index in [9.17, 15) is 4.79 Å². The number of carbonyl (C=O) groups is 1. The summed E-state index contributed by atoms with van der Waals surface area (Å²) in [5.41, 5.74) is 0.440. The van der Waals surface area contributed by atoms with Crippen molar-refractivity contribution in [3.63, 3.8) is 0 Å². The van der Waals surface area contributed by atoms with Crippen molar-refractivity contribution in [3.8, 4) is 0 Å². The van der Waals surface area contributed by atoms with Crippen molar-refractivity contribution < 1.29 is 9.53 Å². The SMILES string of the molecule is C=C1C[C@@H](C)CN1C(=O)OC(C)(C)C. The largest absolute Gasteiger partial charge is 0.443 e. The minimum atomic E-state index is -0.427. The van der Waals surface area contributed by atoms with Crippen LogP contribution >= 0.6 is 0 Å². The number of likely N-dealkylation sites (tertiary alicyclic amines) is 1. The molecule has 1 fully saturated rings. The van der Waals surface area contributed by atoms with Crippen molar-refractivity contribution in [3.05, 3.63) is 12.3 Å². The molecule has 0 aromatic heterocycles. The molecule has 1 aliphatic heterocycles. The highest BCUT2D eigenvalue weighted by atomic mass is 16.6. The van der Waals surface area contributed by atoms with E-state index in [2.05, 4.69) is 13.5 Å². The molecule has 14 heavy (non-hydrogen) atoms. The van der Waals surface area contributed by atoms with E-state index in [-0.39, 0.29) is 6.09 Å². The normalized spacial score (nSPS) is 22.7. The van der Waals surface area contributed by atoms with Crippen LogP contribution in [0.4, 0.5) is 4.79 Å². The zero-order valence-electron chi connectivity index (χ0n) is 9.46. The minimum Gasteiger partial charge on any atom is -0.443 e. The number of allylic oxidation sites excluding steroid dienone is 1. The second-order valence-corrected chi connectivity index (χ2v) is 4.97. The lowest BCUT2D eigenvalue weighted by atomic mass is 10.1. The minimum absolute atomic E-state index is 0.271. The monoisotopic (exact) mass is 197 g/mol. The van der Waals surface area contributed by atoms with Crippen LogP contribution in [0.5, 0.6) is 0 Å². The molecular weight excluding hydrogens is 178 g/mol. The van der Waals surface area contributed by atoms with Gasteiger partial charge in [0.1, 0.15) is 5.60 Å². The Balaban J connectivity index is 2.58. The van der Waals surface area contributed by atoms with Gasteiger partial charge in [-0.15, -0.1) is 0 Å². The number of hydrogen-bond donors (Lipinski definition) is 0. The Kier molecular flexibility index (Phi) is 2.88. The van der Waals surface area contributed by atoms with E-state index in [1.54, 1.807) is 4.90 Å². The van der Waals surface area contributed by atoms with E-state index >= 15 is 0 Å². The summed E-state index contributed by atoms with van der Waals surface area (Å²) in [5, 5.41) is 0. The summed E-state index contributed by atoms with van der Waals surface area (Å²) in [6.07, 6.45) is 0.617. The number of hydrogen-bond acceptors (Lipinski definition) is 2. The molecule has 0 bridgehead atoms. The van der Waals surface area contributed by atoms with Gasteiger partial charge in [0.2, 0.25) is 0 Å². The fraction of sp³-hybridized carbons (Fsp3) is 0.727. The van der Waals surface area contributed by atoms with Gasteiger partial charge in [-0.3, -0.25) is 4.90 Å². The van der Waals surface area contributed by atoms with Crippen LogP contribution < -0.4 is 0 Å². The molecule has 3 nitrogen and oxygen atoms in total. The van der Waals surface area contributed by atoms with Crippen molar-refractivity contribution in [2.75, 3.05) is 6.54 Å². The maximum absolute atomic E-state index is 11.7. The topological polar surface area (TPSA) is 29.5 Å². The summed E-state index contributed by atoms with van der Waals surface area (Å²) in [7, 11) is 0. The molecule has 1 aliphatic rings. The first-order valence-electron chi connectivity index (χ1n) is 4.98. The van der Waals surface area contributed by atoms with E-state index in [1.807, 2.05) is 20.8 Å². The van der Waals surface area contributed by atoms with Crippen LogP contribution in [0, 0.1) is 5.92 Å². The van der Waals surface area contributed by atoms with Gasteiger partial charge in [-0.05, 0) is 33.1 Å². The standard InChI is InChI=1S/C11H19NO2/c1-8-6-9(2)12(7-8)10(13)14-11(3,4)5/h8H,2,6-7H2,1,3-5H3/t8-/m1/s1. The summed E-state index contributed by atoms with van der Waals surface area (Å²) in [6.45, 7) is 12.3. The Hall–Kier alpha value is -0.990. The Bertz CT molecular complexity index is 253. The maximum atomic E-state index is 11.7. The summed E-state index contributed by atoms with van der Waals surface area (Å²) in [6, 6.07) is 0. The van der Waals surface area contributed by atoms with Gasteiger partial charge in [-0.2, -0.15) is 0 Å². The fourth-order valence-electron chi connectivity index (χ4n) is 1.54. The fourth-order valence-corrected chi connectivity index (χ4v) is 1.54. The molecule has 0 saturated carbocycles. The molecule has 80 valence electrons. The second kappa shape index (κ2) is 3.64. The predicted octanol–water partition coefficient (Wildman–Crippen LogP) is 2.78. The zero-order valence-corrected chi connectivity index (χ0v) is 9.46. The second-order valence-electron chi connectivity index (χ2n) is 4.97. The molecule has 0 N–H and O–H groups in total. The molecule has 1 heterocycles. The van der Waals surface area contributed by atoms with Gasteiger partial charge in [-0.25, -0.2) is 4.79 Å². The first-order valence-corrected chi connectivity index (χ1v) is 4.98. The van der Waals surface area contributed by atoms with Crippen molar-refractivity contribution in [1.29, 1.82) is 0 Å². The Morgan fingerprint density at radius 1 is 1.57 bits per heavy atom. The van der Waals surface area contributed by atoms with Gasteiger partial charge in [0.15, 0.2) is 0 Å². The first kappa shape index (κ1) is 11.1. The molecule has 3 heteroatoms. The number of nitrogens with zero attached hydrogens (tertiary/aromatic N) is 1. The van der Waals surface area contributed by atoms with Crippen LogP contribution in [0.2, 0.25) is 0 Å². The molecule has 1 atom stereocenters. The number of amides is 1. The van der Waals surface area contributed by atoms with Gasteiger partial charge < -0.3 is 4.74 Å². The van der Waals surface area contributed by atoms with Crippen molar-refractivity contribution in [1.82, 2.24) is 4.90 Å². The van der Waals surface area contributed by atoms with Crippen LogP contribution in [0.15, 0.2) is 12.3 Å². The Morgan fingerprint density at radius 3 is 2.50 bits per heavy atom. The molecule has 1 saturated heterocycles. The van der Waals surface area contributed by atoms with Gasteiger partial charge in [0.05, 0.1) is 0 Å². The first-order chi connectivity index (χ1) is 6.29. The van der Waals surface area contributed by atoms with Crippen molar-refractivity contribution in [2.45, 2.75) is 39.7 Å². The summed E-state index contributed by atoms with van der Waals surface area (Å²) >= 11 is 0. The third kappa shape index (κ3) is 2.76. The molecule has 0 radical (unpaired) electrons. The highest BCUT2D eigenvalue weighted by molar-refractivity contribution is 5.70. The molecule has 0 aromatic rings. The van der Waals surface area contributed by atoms with E-state index < -0.39 is 5.60 Å². The van der Waals surface area contributed by atoms with Crippen LogP contribution in [-0.2, 0) is 4.74 Å². The Labute approximate surface area is 85.7 Å². The third-order valence-corrected chi connectivity index (χ3v) is 2.07. The predicted molar refractivity (Wildman–Crippen MR) is 55.9 cm³/mol. The lowest BCUT2D eigenvalue weighted by Gasteiger charge is -2.24. The van der Waals surface area contributed by atoms with E-state index in [0.29, 0.717) is 5.92 Å². The lowest BCUT2D eigenvalue weighted by Crippen LogP contribution is -2.34. The third-order valence-electron chi connectivity index (χ3n) is 2.07. The molecule has 0 spiro atoms. The van der Waals surface area contributed by atoms with Crippen LogP contribution in [0.25, 0.3) is 0 Å². The average Bonchev–Trinajstić information content (AvgIpc) is 2.26. The number of carbonyl (C=O) groups excluding carboxylic acids is 1. The van der Waals surface area contributed by atoms with Crippen molar-refractivity contribution >= 4 is 6.09 Å². The lowest BCUT2D eigenvalue weighted by molar-refractivity contribution is 0.0332. The molecule has 0 aromatic carbocycles. The highest BCUT2D eigenvalue weighted by Gasteiger charge is 2.30. The highest BCUT2D eigenvalue weighted by Crippen LogP contribution is 2.26. The van der Waals surface area contributed by atoms with Crippen LogP contribution in [0.1, 0.15) is 34.1 Å². The van der Waals surface area contributed by atoms with Crippen LogP contribution in [0.3, 0.4) is 0 Å². The van der Waals surface area contributed by atoms with Gasteiger partial charge in [-0.1, -0.05) is 13.5 Å². The Morgan fingerprint density at radius 2 is 2.14 bits per heavy atom. The van der Waals surface area contributed by atoms with E-state index in [0.717, 1.165) is 18.7 Å². The average molecular weight is 197 g/mol. The summed E-state index contributed by atoms with van der Waals surface area (Å²) in [5.74, 6) is 0.495. The van der Waals surface area contributed by atoms with E-state index in [4.69, 9.17) is 4.74 Å². The van der Waals surface area contributed by atoms with Gasteiger partial charge in [0.25, 0.3) is 0 Å². The molecule has 0 unspecified atom stereocenters. The summed E-state index contributed by atoms with van der Waals surface area (Å²) in [4.78, 5) is 13.3. The van der Waals surface area contributed by atoms with Gasteiger partial charge >= 0.3 is 6.09 Å². The van der Waals surface area contributed by atoms with Crippen molar-refractivity contribution in [2.24, 2.45) is 5.92 Å². The van der Waals surface area contributed by atoms with E-state index in [1.165, 1.54) is 0 Å². The quantitative estimate of drug-likeness (QED) is 0.597. The molecule has 1 rings (SSSR count). The molecule has 1 amide bonds. The summed E-state index contributed by atoms with van der Waals surface area (Å²) < 4.78 is 5.27. The maximum Gasteiger partial charge on any atom is 0.414 e. The van der Waals surface area contributed by atoms with Gasteiger partial charge in [0, 0.05) is 12.2 Å². The smallest absolute Gasteiger partial charge is 0.414 e. The molecular formula is C11H19NO2.